The molecule has 0 aliphatic carbocycles. The first-order chi connectivity index (χ1) is 11.2. The molecule has 118 valence electrons. The summed E-state index contributed by atoms with van der Waals surface area (Å²) in [5, 5.41) is 6.87. The SMILES string of the molecule is COC(=O)c1ccc(CNc2nc(-c3ccc(C)cc3)no2)o1. The Labute approximate surface area is 132 Å². The molecule has 7 heteroatoms. The lowest BCUT2D eigenvalue weighted by atomic mass is 10.1. The lowest BCUT2D eigenvalue weighted by Gasteiger charge is -1.97. The minimum atomic E-state index is -0.518. The zero-order chi connectivity index (χ0) is 16.2. The first kappa shape index (κ1) is 14.8. The molecule has 23 heavy (non-hydrogen) atoms. The van der Waals surface area contributed by atoms with Gasteiger partial charge in [-0.05, 0) is 19.1 Å². The number of aromatic nitrogens is 2. The molecule has 0 aliphatic heterocycles. The molecular weight excluding hydrogens is 298 g/mol. The van der Waals surface area contributed by atoms with Crippen LogP contribution in [0.15, 0.2) is 45.3 Å². The molecule has 0 atom stereocenters. The van der Waals surface area contributed by atoms with Gasteiger partial charge in [0, 0.05) is 5.56 Å². The Hall–Kier alpha value is -3.09. The first-order valence-electron chi connectivity index (χ1n) is 6.97. The summed E-state index contributed by atoms with van der Waals surface area (Å²) >= 11 is 0. The predicted molar refractivity (Wildman–Crippen MR) is 81.8 cm³/mol. The second-order valence-corrected chi connectivity index (χ2v) is 4.90. The van der Waals surface area contributed by atoms with Crippen LogP contribution in [0.25, 0.3) is 11.4 Å². The summed E-state index contributed by atoms with van der Waals surface area (Å²) in [4.78, 5) is 15.6. The minimum absolute atomic E-state index is 0.148. The van der Waals surface area contributed by atoms with Crippen LogP contribution in [-0.4, -0.2) is 23.2 Å². The van der Waals surface area contributed by atoms with Crippen LogP contribution in [0.2, 0.25) is 0 Å². The number of methoxy groups -OCH3 is 1. The van der Waals surface area contributed by atoms with Crippen molar-refractivity contribution in [3.8, 4) is 11.4 Å². The highest BCUT2D eigenvalue weighted by Gasteiger charge is 2.12. The molecule has 0 bridgehead atoms. The third-order valence-corrected chi connectivity index (χ3v) is 3.20. The van der Waals surface area contributed by atoms with Crippen LogP contribution < -0.4 is 5.32 Å². The summed E-state index contributed by atoms with van der Waals surface area (Å²) < 4.78 is 15.1. The molecule has 3 rings (SSSR count). The maximum atomic E-state index is 11.3. The van der Waals surface area contributed by atoms with Crippen molar-refractivity contribution in [2.45, 2.75) is 13.5 Å². The number of hydrogen-bond acceptors (Lipinski definition) is 7. The van der Waals surface area contributed by atoms with Crippen molar-refractivity contribution < 1.29 is 18.5 Å². The summed E-state index contributed by atoms with van der Waals surface area (Å²) in [7, 11) is 1.30. The highest BCUT2D eigenvalue weighted by Crippen LogP contribution is 2.18. The molecule has 3 aromatic rings. The second-order valence-electron chi connectivity index (χ2n) is 4.90. The molecule has 0 saturated heterocycles. The van der Waals surface area contributed by atoms with E-state index in [0.717, 1.165) is 11.1 Å². The maximum absolute atomic E-state index is 11.3. The van der Waals surface area contributed by atoms with E-state index < -0.39 is 5.97 Å². The van der Waals surface area contributed by atoms with E-state index >= 15 is 0 Å². The molecule has 1 aromatic carbocycles. The number of nitrogens with one attached hydrogen (secondary N) is 1. The molecule has 1 N–H and O–H groups in total. The molecule has 0 unspecified atom stereocenters. The highest BCUT2D eigenvalue weighted by molar-refractivity contribution is 5.86. The van der Waals surface area contributed by atoms with Crippen LogP contribution in [0.1, 0.15) is 21.9 Å². The fourth-order valence-corrected chi connectivity index (χ4v) is 1.96. The van der Waals surface area contributed by atoms with Gasteiger partial charge in [-0.2, -0.15) is 4.98 Å². The smallest absolute Gasteiger partial charge is 0.373 e. The van der Waals surface area contributed by atoms with E-state index in [1.54, 1.807) is 12.1 Å². The Morgan fingerprint density at radius 3 is 2.74 bits per heavy atom. The number of furan rings is 1. The average Bonchev–Trinajstić information content (AvgIpc) is 3.22. The molecule has 0 amide bonds. The van der Waals surface area contributed by atoms with Crippen LogP contribution in [0.5, 0.6) is 0 Å². The van der Waals surface area contributed by atoms with E-state index in [2.05, 4.69) is 20.2 Å². The van der Waals surface area contributed by atoms with E-state index in [0.29, 0.717) is 18.1 Å². The summed E-state index contributed by atoms with van der Waals surface area (Å²) in [5.41, 5.74) is 2.04. The van der Waals surface area contributed by atoms with Crippen LogP contribution in [0.4, 0.5) is 6.01 Å². The number of ether oxygens (including phenoxy) is 1. The molecule has 0 radical (unpaired) electrons. The molecule has 0 spiro atoms. The Morgan fingerprint density at radius 1 is 1.22 bits per heavy atom. The third kappa shape index (κ3) is 3.39. The lowest BCUT2D eigenvalue weighted by Crippen LogP contribution is -2.00. The van der Waals surface area contributed by atoms with Crippen molar-refractivity contribution in [2.24, 2.45) is 0 Å². The fraction of sp³-hybridized carbons (Fsp3) is 0.188. The Morgan fingerprint density at radius 2 is 2.00 bits per heavy atom. The van der Waals surface area contributed by atoms with Crippen LogP contribution in [-0.2, 0) is 11.3 Å². The van der Waals surface area contributed by atoms with Gasteiger partial charge < -0.3 is 19.0 Å². The summed E-state index contributed by atoms with van der Waals surface area (Å²) in [6, 6.07) is 11.3. The van der Waals surface area contributed by atoms with Gasteiger partial charge in [-0.3, -0.25) is 0 Å². The van der Waals surface area contributed by atoms with Gasteiger partial charge in [0.25, 0.3) is 0 Å². The monoisotopic (exact) mass is 313 g/mol. The van der Waals surface area contributed by atoms with Crippen molar-refractivity contribution in [2.75, 3.05) is 12.4 Å². The molecule has 7 nitrogen and oxygen atoms in total. The van der Waals surface area contributed by atoms with Crippen molar-refractivity contribution in [3.05, 3.63) is 53.5 Å². The number of rotatable bonds is 5. The summed E-state index contributed by atoms with van der Waals surface area (Å²) in [6.45, 7) is 2.32. The predicted octanol–water partition coefficient (Wildman–Crippen LogP) is 3.04. The lowest BCUT2D eigenvalue weighted by molar-refractivity contribution is 0.0563. The Balaban J connectivity index is 1.64. The standard InChI is InChI=1S/C16H15N3O4/c1-10-3-5-11(6-4-10)14-18-16(23-19-14)17-9-12-7-8-13(22-12)15(20)21-2/h3-8H,9H2,1-2H3,(H,17,18,19). The number of esters is 1. The minimum Gasteiger partial charge on any atom is -0.463 e. The normalized spacial score (nSPS) is 10.5. The van der Waals surface area contributed by atoms with E-state index in [1.165, 1.54) is 7.11 Å². The van der Waals surface area contributed by atoms with Crippen LogP contribution >= 0.6 is 0 Å². The first-order valence-corrected chi connectivity index (χ1v) is 6.97. The average molecular weight is 313 g/mol. The van der Waals surface area contributed by atoms with Gasteiger partial charge in [0.2, 0.25) is 11.6 Å². The number of nitrogens with zero attached hydrogens (tertiary/aromatic N) is 2. The quantitative estimate of drug-likeness (QED) is 0.724. The van der Waals surface area contributed by atoms with E-state index in [4.69, 9.17) is 8.94 Å². The largest absolute Gasteiger partial charge is 0.463 e. The zero-order valence-electron chi connectivity index (χ0n) is 12.7. The highest BCUT2D eigenvalue weighted by atomic mass is 16.5. The summed E-state index contributed by atoms with van der Waals surface area (Å²) in [6.07, 6.45) is 0. The Kier molecular flexibility index (Phi) is 4.09. The van der Waals surface area contributed by atoms with Crippen molar-refractivity contribution in [1.29, 1.82) is 0 Å². The van der Waals surface area contributed by atoms with Gasteiger partial charge in [0.05, 0.1) is 13.7 Å². The van der Waals surface area contributed by atoms with Gasteiger partial charge in [-0.25, -0.2) is 4.79 Å². The number of aryl methyl sites for hydroxylation is 1. The van der Waals surface area contributed by atoms with Crippen molar-refractivity contribution in [1.82, 2.24) is 10.1 Å². The molecule has 2 heterocycles. The molecule has 2 aromatic heterocycles. The second kappa shape index (κ2) is 6.35. The maximum Gasteiger partial charge on any atom is 0.373 e. The van der Waals surface area contributed by atoms with E-state index in [9.17, 15) is 4.79 Å². The van der Waals surface area contributed by atoms with E-state index in [-0.39, 0.29) is 11.8 Å². The molecule has 0 aliphatic rings. The number of anilines is 1. The molecule has 0 fully saturated rings. The zero-order valence-corrected chi connectivity index (χ0v) is 12.7. The fourth-order valence-electron chi connectivity index (χ4n) is 1.96. The van der Waals surface area contributed by atoms with Crippen molar-refractivity contribution >= 4 is 12.0 Å². The Bertz CT molecular complexity index is 805. The van der Waals surface area contributed by atoms with Crippen LogP contribution in [0, 0.1) is 6.92 Å². The number of hydrogen-bond donors (Lipinski definition) is 1. The van der Waals surface area contributed by atoms with Gasteiger partial charge in [-0.1, -0.05) is 35.0 Å². The van der Waals surface area contributed by atoms with Gasteiger partial charge >= 0.3 is 12.0 Å². The van der Waals surface area contributed by atoms with Gasteiger partial charge in [0.15, 0.2) is 0 Å². The molecular formula is C16H15N3O4. The van der Waals surface area contributed by atoms with Crippen molar-refractivity contribution in [3.63, 3.8) is 0 Å². The van der Waals surface area contributed by atoms with E-state index in [1.807, 2.05) is 31.2 Å². The number of carbonyl (C=O) groups excluding carboxylic acids is 1. The topological polar surface area (TPSA) is 90.4 Å². The molecule has 0 saturated carbocycles. The van der Waals surface area contributed by atoms with Crippen LogP contribution in [0.3, 0.4) is 0 Å². The third-order valence-electron chi connectivity index (χ3n) is 3.20. The van der Waals surface area contributed by atoms with Gasteiger partial charge in [0.1, 0.15) is 5.76 Å². The number of benzene rings is 1. The van der Waals surface area contributed by atoms with Gasteiger partial charge in [-0.15, -0.1) is 0 Å². The number of carbonyl (C=O) groups is 1. The summed E-state index contributed by atoms with van der Waals surface area (Å²) in [5.74, 6) is 0.688.